The summed E-state index contributed by atoms with van der Waals surface area (Å²) in [4.78, 5) is 3.81. The van der Waals surface area contributed by atoms with Crippen molar-refractivity contribution < 1.29 is 8.42 Å². The van der Waals surface area contributed by atoms with Crippen molar-refractivity contribution in [2.45, 2.75) is 25.6 Å². The van der Waals surface area contributed by atoms with Gasteiger partial charge in [-0.25, -0.2) is 18.1 Å². The molecule has 0 aliphatic heterocycles. The van der Waals surface area contributed by atoms with Gasteiger partial charge in [-0.3, -0.25) is 0 Å². The monoisotopic (exact) mass is 223 g/mol. The normalized spacial score (nSPS) is 12.3. The lowest BCUT2D eigenvalue weighted by atomic mass is 10.4. The second kappa shape index (κ2) is 3.63. The van der Waals surface area contributed by atoms with Crippen LogP contribution in [0.1, 0.15) is 25.7 Å². The molecule has 0 radical (unpaired) electrons. The maximum atomic E-state index is 10.8. The van der Waals surface area contributed by atoms with Crippen LogP contribution in [0.15, 0.2) is 6.33 Å². The van der Waals surface area contributed by atoms with Crippen LogP contribution < -0.4 is 0 Å². The Balaban J connectivity index is 2.96. The molecule has 5 nitrogen and oxygen atoms in total. The van der Waals surface area contributed by atoms with E-state index in [2.05, 4.69) is 10.1 Å². The lowest BCUT2D eigenvalue weighted by Crippen LogP contribution is -2.10. The molecule has 0 unspecified atom stereocenters. The fourth-order valence-electron chi connectivity index (χ4n) is 0.963. The molecule has 0 atom stereocenters. The van der Waals surface area contributed by atoms with E-state index in [0.29, 0.717) is 5.82 Å². The van der Waals surface area contributed by atoms with E-state index in [1.54, 1.807) is 0 Å². The Morgan fingerprint density at radius 1 is 1.62 bits per heavy atom. The average Bonchev–Trinajstić information content (AvgIpc) is 2.31. The molecule has 0 aliphatic carbocycles. The van der Waals surface area contributed by atoms with Gasteiger partial charge in [-0.05, 0) is 13.8 Å². The maximum absolute atomic E-state index is 10.8. The van der Waals surface area contributed by atoms with Crippen molar-refractivity contribution in [1.29, 1.82) is 0 Å². The molecule has 1 heterocycles. The highest BCUT2D eigenvalue weighted by molar-refractivity contribution is 8.13. The zero-order chi connectivity index (χ0) is 10.1. The number of hydrogen-bond donors (Lipinski definition) is 0. The van der Waals surface area contributed by atoms with E-state index in [1.165, 1.54) is 11.0 Å². The lowest BCUT2D eigenvalue weighted by molar-refractivity contribution is 0.511. The Kier molecular flexibility index (Phi) is 2.92. The van der Waals surface area contributed by atoms with Gasteiger partial charge < -0.3 is 0 Å². The molecule has 0 aliphatic rings. The smallest absolute Gasteiger partial charge is 0.239 e. The number of hydrogen-bond acceptors (Lipinski definition) is 4. The van der Waals surface area contributed by atoms with Gasteiger partial charge in [0.1, 0.15) is 17.9 Å². The summed E-state index contributed by atoms with van der Waals surface area (Å²) in [5.41, 5.74) is 0. The summed E-state index contributed by atoms with van der Waals surface area (Å²) in [5, 5.41) is 3.88. The van der Waals surface area contributed by atoms with E-state index in [0.717, 1.165) is 0 Å². The van der Waals surface area contributed by atoms with Crippen molar-refractivity contribution in [3.63, 3.8) is 0 Å². The Labute approximate surface area is 81.2 Å². The second-order valence-corrected chi connectivity index (χ2v) is 5.67. The third-order valence-electron chi connectivity index (χ3n) is 1.44. The van der Waals surface area contributed by atoms with Crippen molar-refractivity contribution in [2.24, 2.45) is 0 Å². The third-order valence-corrected chi connectivity index (χ3v) is 2.37. The van der Waals surface area contributed by atoms with Crippen LogP contribution in [0.2, 0.25) is 0 Å². The first-order chi connectivity index (χ1) is 5.90. The minimum absolute atomic E-state index is 0.0796. The van der Waals surface area contributed by atoms with E-state index in [4.69, 9.17) is 10.7 Å². The molecule has 74 valence electrons. The zero-order valence-corrected chi connectivity index (χ0v) is 8.88. The maximum Gasteiger partial charge on any atom is 0.239 e. The molecular formula is C6H10ClN3O2S. The van der Waals surface area contributed by atoms with Gasteiger partial charge in [0, 0.05) is 16.7 Å². The van der Waals surface area contributed by atoms with Gasteiger partial charge >= 0.3 is 0 Å². The fourth-order valence-corrected chi connectivity index (χ4v) is 1.77. The Morgan fingerprint density at radius 3 is 2.69 bits per heavy atom. The average molecular weight is 224 g/mol. The predicted molar refractivity (Wildman–Crippen MR) is 48.9 cm³/mol. The highest BCUT2D eigenvalue weighted by atomic mass is 35.7. The second-order valence-electron chi connectivity index (χ2n) is 2.90. The molecule has 0 bridgehead atoms. The number of nitrogens with zero attached hydrogens (tertiary/aromatic N) is 3. The van der Waals surface area contributed by atoms with Crippen LogP contribution in [0, 0.1) is 0 Å². The Hall–Kier alpha value is -0.620. The first-order valence-electron chi connectivity index (χ1n) is 3.71. The van der Waals surface area contributed by atoms with E-state index < -0.39 is 9.05 Å². The van der Waals surface area contributed by atoms with Crippen molar-refractivity contribution >= 4 is 19.7 Å². The van der Waals surface area contributed by atoms with Gasteiger partial charge in [-0.15, -0.1) is 0 Å². The summed E-state index contributed by atoms with van der Waals surface area (Å²) in [6.45, 7) is 3.78. The molecule has 0 saturated heterocycles. The molecule has 0 spiro atoms. The fraction of sp³-hybridized carbons (Fsp3) is 0.667. The van der Waals surface area contributed by atoms with Crippen molar-refractivity contribution in [2.75, 3.05) is 0 Å². The van der Waals surface area contributed by atoms with Crippen LogP contribution in [-0.4, -0.2) is 23.2 Å². The minimum atomic E-state index is -3.55. The van der Waals surface area contributed by atoms with E-state index in [9.17, 15) is 8.42 Å². The van der Waals surface area contributed by atoms with Crippen molar-refractivity contribution in [3.05, 3.63) is 12.2 Å². The number of aromatic nitrogens is 3. The first kappa shape index (κ1) is 10.5. The predicted octanol–water partition coefficient (Wildman–Crippen LogP) is 0.928. The molecule has 1 rings (SSSR count). The van der Waals surface area contributed by atoms with Crippen LogP contribution in [0.5, 0.6) is 0 Å². The summed E-state index contributed by atoms with van der Waals surface area (Å²) in [6, 6.07) is 0.0796. The topological polar surface area (TPSA) is 64.8 Å². The van der Waals surface area contributed by atoms with E-state index in [1.807, 2.05) is 13.8 Å². The molecule has 0 fully saturated rings. The molecule has 13 heavy (non-hydrogen) atoms. The quantitative estimate of drug-likeness (QED) is 0.715. The molecule has 0 N–H and O–H groups in total. The van der Waals surface area contributed by atoms with Crippen LogP contribution >= 0.6 is 10.7 Å². The van der Waals surface area contributed by atoms with Crippen LogP contribution in [-0.2, 0) is 14.8 Å². The molecule has 1 aromatic heterocycles. The standard InChI is InChI=1S/C6H10ClN3O2S/c1-5(2)10-6(8-4-9-10)3-13(7,11)12/h4-5H,3H2,1-2H3. The number of halogens is 1. The molecule has 7 heteroatoms. The first-order valence-corrected chi connectivity index (χ1v) is 6.18. The minimum Gasteiger partial charge on any atom is -0.246 e. The van der Waals surface area contributed by atoms with E-state index >= 15 is 0 Å². The number of rotatable bonds is 3. The highest BCUT2D eigenvalue weighted by Gasteiger charge is 2.14. The van der Waals surface area contributed by atoms with Crippen LogP contribution in [0.4, 0.5) is 0 Å². The van der Waals surface area contributed by atoms with Gasteiger partial charge in [-0.1, -0.05) is 0 Å². The summed E-state index contributed by atoms with van der Waals surface area (Å²) in [5.74, 6) is 0.0808. The summed E-state index contributed by atoms with van der Waals surface area (Å²) in [7, 11) is 1.54. The molecule has 0 aromatic carbocycles. The van der Waals surface area contributed by atoms with Gasteiger partial charge in [0.2, 0.25) is 9.05 Å². The lowest BCUT2D eigenvalue weighted by Gasteiger charge is -2.07. The van der Waals surface area contributed by atoms with Crippen LogP contribution in [0.3, 0.4) is 0 Å². The Morgan fingerprint density at radius 2 is 2.23 bits per heavy atom. The summed E-state index contributed by atoms with van der Waals surface area (Å²) >= 11 is 0. The van der Waals surface area contributed by atoms with Gasteiger partial charge in [0.15, 0.2) is 0 Å². The van der Waals surface area contributed by atoms with Crippen LogP contribution in [0.25, 0.3) is 0 Å². The summed E-state index contributed by atoms with van der Waals surface area (Å²) in [6.07, 6.45) is 1.32. The van der Waals surface area contributed by atoms with Gasteiger partial charge in [0.25, 0.3) is 0 Å². The zero-order valence-electron chi connectivity index (χ0n) is 7.31. The highest BCUT2D eigenvalue weighted by Crippen LogP contribution is 2.10. The summed E-state index contributed by atoms with van der Waals surface area (Å²) < 4.78 is 23.0. The molecule has 0 amide bonds. The molecule has 1 aromatic rings. The van der Waals surface area contributed by atoms with Crippen molar-refractivity contribution in [1.82, 2.24) is 14.8 Å². The van der Waals surface area contributed by atoms with Gasteiger partial charge in [0.05, 0.1) is 0 Å². The third kappa shape index (κ3) is 2.96. The van der Waals surface area contributed by atoms with Gasteiger partial charge in [-0.2, -0.15) is 5.10 Å². The Bertz CT molecular complexity index is 384. The SMILES string of the molecule is CC(C)n1ncnc1CS(=O)(=O)Cl. The van der Waals surface area contributed by atoms with Crippen molar-refractivity contribution in [3.8, 4) is 0 Å². The molecular weight excluding hydrogens is 214 g/mol. The van der Waals surface area contributed by atoms with E-state index in [-0.39, 0.29) is 11.8 Å². The largest absolute Gasteiger partial charge is 0.246 e. The molecule has 0 saturated carbocycles.